The summed E-state index contributed by atoms with van der Waals surface area (Å²) in [6, 6.07) is 8.86. The van der Waals surface area contributed by atoms with Gasteiger partial charge in [-0.1, -0.05) is 74.6 Å². The number of halogens is 2. The van der Waals surface area contributed by atoms with E-state index in [1.165, 1.54) is 38.5 Å². The number of rotatable bonds is 7. The normalized spacial score (nSPS) is 48.1. The maximum atomic E-state index is 15.4. The van der Waals surface area contributed by atoms with Crippen molar-refractivity contribution in [2.75, 3.05) is 0 Å². The van der Waals surface area contributed by atoms with Crippen molar-refractivity contribution in [3.63, 3.8) is 0 Å². The number of benzene rings is 1. The second kappa shape index (κ2) is 11.1. The van der Waals surface area contributed by atoms with E-state index in [0.717, 1.165) is 43.6 Å². The van der Waals surface area contributed by atoms with Crippen LogP contribution in [0, 0.1) is 23.7 Å². The van der Waals surface area contributed by atoms with Crippen LogP contribution in [-0.2, 0) is 11.3 Å². The van der Waals surface area contributed by atoms with Crippen molar-refractivity contribution in [2.45, 2.75) is 103 Å². The lowest BCUT2D eigenvalue weighted by molar-refractivity contribution is -0.0206. The third-order valence-corrected chi connectivity index (χ3v) is 7.75. The molecule has 1 aromatic rings. The minimum atomic E-state index is -3.72. The van der Waals surface area contributed by atoms with Gasteiger partial charge in [0.2, 0.25) is 0 Å². The number of alkyl halides is 2. The van der Waals surface area contributed by atoms with Crippen LogP contribution in [0.1, 0.15) is 88.6 Å². The van der Waals surface area contributed by atoms with Crippen molar-refractivity contribution in [1.82, 2.24) is 0 Å². The fourth-order valence-electron chi connectivity index (χ4n) is 5.94. The lowest BCUT2D eigenvalue weighted by atomic mass is 9.67. The molecule has 1 nitrogen and oxygen atoms in total. The molecule has 172 valence electrons. The van der Waals surface area contributed by atoms with Crippen LogP contribution in [0.4, 0.5) is 8.78 Å². The molecular formula is C28H40F2O. The molecule has 2 fully saturated rings. The largest absolute Gasteiger partial charge is 0.366 e. The first kappa shape index (κ1) is 18.2. The van der Waals surface area contributed by atoms with Crippen molar-refractivity contribution in [2.24, 2.45) is 23.7 Å². The zero-order chi connectivity index (χ0) is 25.3. The molecule has 0 N–H and O–H groups in total. The fraction of sp³-hybridized carbons (Fsp3) is 0.714. The molecule has 0 amide bonds. The minimum Gasteiger partial charge on any atom is -0.366 e. The van der Waals surface area contributed by atoms with Gasteiger partial charge in [-0.2, -0.15) is 0 Å². The average molecular weight is 435 g/mol. The summed E-state index contributed by atoms with van der Waals surface area (Å²) in [6.07, 6.45) is 0.517. The highest BCUT2D eigenvalue weighted by molar-refractivity contribution is 5.19. The van der Waals surface area contributed by atoms with E-state index in [0.29, 0.717) is 11.5 Å². The lowest BCUT2D eigenvalue weighted by Crippen LogP contribution is -2.37. The first-order chi connectivity index (χ1) is 16.6. The van der Waals surface area contributed by atoms with Crippen LogP contribution in [0.15, 0.2) is 42.0 Å². The Hall–Kier alpha value is -1.22. The Labute approximate surface area is 193 Å². The maximum Gasteiger partial charge on any atom is 0.161 e. The van der Waals surface area contributed by atoms with Crippen LogP contribution in [0.25, 0.3) is 0 Å². The molecule has 3 aliphatic rings. The molecular weight excluding hydrogens is 390 g/mol. The predicted octanol–water partition coefficient (Wildman–Crippen LogP) is 7.99. The van der Waals surface area contributed by atoms with E-state index in [9.17, 15) is 0 Å². The Morgan fingerprint density at radius 1 is 0.968 bits per heavy atom. The lowest BCUT2D eigenvalue weighted by Gasteiger charge is -2.39. The molecule has 0 aliphatic heterocycles. The standard InChI is InChI=1S/C28H40F2O/c1-2-6-20-9-11-22(12-10-20)23-13-15-24(16-14-23)25-17-26(29)28(30)27(18-25)31-19-21-7-4-3-5-8-21/h3-5,7-8,18,20,22-24,26-28H,2,6,9-17,19H2,1H3/i17D,26D,27D,28D. The summed E-state index contributed by atoms with van der Waals surface area (Å²) in [5.41, 5.74) is 0.928. The molecule has 1 aromatic carbocycles. The summed E-state index contributed by atoms with van der Waals surface area (Å²) in [7, 11) is 0. The first-order valence-electron chi connectivity index (χ1n) is 14.4. The third-order valence-electron chi connectivity index (χ3n) is 7.75. The van der Waals surface area contributed by atoms with Gasteiger partial charge in [-0.05, 0) is 67.8 Å². The first-order valence-corrected chi connectivity index (χ1v) is 12.3. The van der Waals surface area contributed by atoms with Gasteiger partial charge in [-0.15, -0.1) is 0 Å². The van der Waals surface area contributed by atoms with Crippen molar-refractivity contribution in [3.05, 3.63) is 47.5 Å². The van der Waals surface area contributed by atoms with Gasteiger partial charge in [0.15, 0.2) is 6.15 Å². The molecule has 3 aliphatic carbocycles. The minimum absolute atomic E-state index is 0.174. The SMILES string of the molecule is [2H]C1C(C2CCC(C3CCC(CCC)CC3)CC2)=CC([2H])(OCc2ccccc2)C([2H])(F)C1([2H])F. The second-order valence-electron chi connectivity index (χ2n) is 9.77. The fourth-order valence-corrected chi connectivity index (χ4v) is 5.94. The van der Waals surface area contributed by atoms with Gasteiger partial charge in [0.05, 0.1) is 10.7 Å². The summed E-state index contributed by atoms with van der Waals surface area (Å²) in [4.78, 5) is 0. The van der Waals surface area contributed by atoms with E-state index in [-0.39, 0.29) is 18.1 Å². The van der Waals surface area contributed by atoms with Crippen LogP contribution >= 0.6 is 0 Å². The van der Waals surface area contributed by atoms with Gasteiger partial charge in [-0.25, -0.2) is 8.78 Å². The van der Waals surface area contributed by atoms with Crippen LogP contribution in [0.3, 0.4) is 0 Å². The van der Waals surface area contributed by atoms with E-state index in [1.807, 2.05) is 6.07 Å². The van der Waals surface area contributed by atoms with E-state index in [2.05, 4.69) is 6.92 Å². The molecule has 4 rings (SSSR count). The molecule has 0 radical (unpaired) electrons. The van der Waals surface area contributed by atoms with Crippen molar-refractivity contribution in [1.29, 1.82) is 0 Å². The van der Waals surface area contributed by atoms with Gasteiger partial charge in [0, 0.05) is 7.77 Å². The van der Waals surface area contributed by atoms with Crippen LogP contribution in [0.2, 0.25) is 0 Å². The smallest absolute Gasteiger partial charge is 0.161 e. The molecule has 0 bridgehead atoms. The topological polar surface area (TPSA) is 9.23 Å². The van der Waals surface area contributed by atoms with Crippen molar-refractivity contribution >= 4 is 0 Å². The maximum absolute atomic E-state index is 15.4. The van der Waals surface area contributed by atoms with E-state index < -0.39 is 24.8 Å². The highest BCUT2D eigenvalue weighted by Crippen LogP contribution is 2.45. The zero-order valence-electron chi connectivity index (χ0n) is 22.8. The number of hydrogen-bond acceptors (Lipinski definition) is 1. The van der Waals surface area contributed by atoms with Gasteiger partial charge in [0.25, 0.3) is 0 Å². The second-order valence-corrected chi connectivity index (χ2v) is 9.77. The van der Waals surface area contributed by atoms with E-state index >= 15 is 8.78 Å². The Bertz CT molecular complexity index is 861. The third kappa shape index (κ3) is 5.97. The van der Waals surface area contributed by atoms with Gasteiger partial charge in [-0.3, -0.25) is 0 Å². The Balaban J connectivity index is 1.46. The molecule has 3 heteroatoms. The van der Waals surface area contributed by atoms with Crippen LogP contribution < -0.4 is 0 Å². The molecule has 0 aromatic heterocycles. The van der Waals surface area contributed by atoms with E-state index in [1.54, 1.807) is 24.3 Å². The van der Waals surface area contributed by atoms with Crippen LogP contribution in [0.5, 0.6) is 0 Å². The predicted molar refractivity (Wildman–Crippen MR) is 123 cm³/mol. The molecule has 0 spiro atoms. The monoisotopic (exact) mass is 434 g/mol. The molecule has 0 heterocycles. The molecule has 31 heavy (non-hydrogen) atoms. The summed E-state index contributed by atoms with van der Waals surface area (Å²) in [6.45, 7) is 2.08. The number of allylic oxidation sites excluding steroid dienone is 1. The summed E-state index contributed by atoms with van der Waals surface area (Å²) in [5.74, 6) is 2.04. The van der Waals surface area contributed by atoms with Gasteiger partial charge >= 0.3 is 0 Å². The Morgan fingerprint density at radius 2 is 1.61 bits per heavy atom. The highest BCUT2D eigenvalue weighted by atomic mass is 19.2. The molecule has 4 atom stereocenters. The molecule has 2 saturated carbocycles. The van der Waals surface area contributed by atoms with Gasteiger partial charge in [0.1, 0.15) is 12.2 Å². The van der Waals surface area contributed by atoms with Crippen LogP contribution in [-0.4, -0.2) is 18.4 Å². The summed E-state index contributed by atoms with van der Waals surface area (Å²) < 4.78 is 69.3. The summed E-state index contributed by atoms with van der Waals surface area (Å²) in [5, 5.41) is 0. The summed E-state index contributed by atoms with van der Waals surface area (Å²) >= 11 is 0. The number of hydrogen-bond donors (Lipinski definition) is 0. The quantitative estimate of drug-likeness (QED) is 0.395. The Kier molecular flexibility index (Phi) is 6.51. The Morgan fingerprint density at radius 3 is 2.26 bits per heavy atom. The number of ether oxygens (including phenoxy) is 1. The van der Waals surface area contributed by atoms with Crippen molar-refractivity contribution in [3.8, 4) is 0 Å². The zero-order valence-corrected chi connectivity index (χ0v) is 18.8. The van der Waals surface area contributed by atoms with Crippen molar-refractivity contribution < 1.29 is 19.0 Å². The van der Waals surface area contributed by atoms with Gasteiger partial charge < -0.3 is 4.74 Å². The van der Waals surface area contributed by atoms with E-state index in [4.69, 9.17) is 10.2 Å². The molecule has 0 saturated heterocycles. The average Bonchev–Trinajstić information content (AvgIpc) is 2.86. The molecule has 4 unspecified atom stereocenters. The highest BCUT2D eigenvalue weighted by Gasteiger charge is 2.38.